The van der Waals surface area contributed by atoms with Crippen LogP contribution in [-0.4, -0.2) is 4.98 Å². The van der Waals surface area contributed by atoms with Crippen LogP contribution in [0.4, 0.5) is 5.69 Å². The molecule has 2 aromatic carbocycles. The summed E-state index contributed by atoms with van der Waals surface area (Å²) in [5, 5.41) is 4.72. The molecule has 0 saturated heterocycles. The van der Waals surface area contributed by atoms with E-state index in [1.807, 2.05) is 6.20 Å². The fourth-order valence-corrected chi connectivity index (χ4v) is 2.88. The van der Waals surface area contributed by atoms with Gasteiger partial charge in [-0.3, -0.25) is 0 Å². The number of fused-ring (bicyclic) bond motifs is 1. The van der Waals surface area contributed by atoms with Gasteiger partial charge in [-0.2, -0.15) is 0 Å². The Morgan fingerprint density at radius 3 is 2.89 bits per heavy atom. The Hall–Kier alpha value is -1.74. The lowest BCUT2D eigenvalue weighted by atomic mass is 10.1. The zero-order valence-corrected chi connectivity index (χ0v) is 12.3. The smallest absolute Gasteiger partial charge is 0.0504 e. The summed E-state index contributed by atoms with van der Waals surface area (Å²) in [6.45, 7) is 2.90. The zero-order valence-electron chi connectivity index (χ0n) is 10.7. The molecule has 0 saturated carbocycles. The summed E-state index contributed by atoms with van der Waals surface area (Å²) in [6, 6.07) is 14.8. The van der Waals surface area contributed by atoms with Gasteiger partial charge in [0.25, 0.3) is 0 Å². The fourth-order valence-electron chi connectivity index (χ4n) is 2.25. The van der Waals surface area contributed by atoms with E-state index in [1.54, 1.807) is 0 Å². The van der Waals surface area contributed by atoms with Crippen LogP contribution in [-0.2, 0) is 6.54 Å². The minimum atomic E-state index is 0.805. The van der Waals surface area contributed by atoms with E-state index in [2.05, 4.69) is 75.6 Å². The molecule has 19 heavy (non-hydrogen) atoms. The Morgan fingerprint density at radius 2 is 2.05 bits per heavy atom. The molecule has 0 aliphatic rings. The standard InChI is InChI=1S/C16H15BrN2/c1-11-5-6-15(14(17)9-11)19-10-13-4-2-3-12-7-8-18-16(12)13/h2-9,18-19H,10H2,1H3. The Balaban J connectivity index is 1.84. The van der Waals surface area contributed by atoms with Crippen LogP contribution in [0.25, 0.3) is 10.9 Å². The summed E-state index contributed by atoms with van der Waals surface area (Å²) in [4.78, 5) is 3.30. The quantitative estimate of drug-likeness (QED) is 0.710. The van der Waals surface area contributed by atoms with Crippen molar-refractivity contribution in [2.24, 2.45) is 0 Å². The first-order valence-corrected chi connectivity index (χ1v) is 7.08. The van der Waals surface area contributed by atoms with E-state index in [0.717, 1.165) is 16.7 Å². The van der Waals surface area contributed by atoms with Gasteiger partial charge in [0.1, 0.15) is 0 Å². The molecule has 0 aliphatic carbocycles. The zero-order chi connectivity index (χ0) is 13.2. The Bertz CT molecular complexity index is 716. The molecule has 3 aromatic rings. The van der Waals surface area contributed by atoms with Crippen LogP contribution >= 0.6 is 15.9 Å². The van der Waals surface area contributed by atoms with E-state index < -0.39 is 0 Å². The van der Waals surface area contributed by atoms with Gasteiger partial charge in [0, 0.05) is 22.9 Å². The minimum absolute atomic E-state index is 0.805. The van der Waals surface area contributed by atoms with Gasteiger partial charge >= 0.3 is 0 Å². The van der Waals surface area contributed by atoms with Crippen molar-refractivity contribution in [1.82, 2.24) is 4.98 Å². The van der Waals surface area contributed by atoms with Crippen molar-refractivity contribution < 1.29 is 0 Å². The molecule has 0 bridgehead atoms. The number of rotatable bonds is 3. The van der Waals surface area contributed by atoms with Crippen molar-refractivity contribution in [1.29, 1.82) is 0 Å². The monoisotopic (exact) mass is 314 g/mol. The van der Waals surface area contributed by atoms with E-state index in [-0.39, 0.29) is 0 Å². The van der Waals surface area contributed by atoms with E-state index in [1.165, 1.54) is 22.0 Å². The van der Waals surface area contributed by atoms with Crippen molar-refractivity contribution >= 4 is 32.5 Å². The maximum absolute atomic E-state index is 3.59. The van der Waals surface area contributed by atoms with Crippen LogP contribution in [0.15, 0.2) is 53.1 Å². The number of halogens is 1. The second kappa shape index (κ2) is 5.10. The summed E-state index contributed by atoms with van der Waals surface area (Å²) in [5.74, 6) is 0. The van der Waals surface area contributed by atoms with Crippen molar-refractivity contribution in [2.45, 2.75) is 13.5 Å². The van der Waals surface area contributed by atoms with Gasteiger partial charge in [-0.1, -0.05) is 24.3 Å². The van der Waals surface area contributed by atoms with Gasteiger partial charge < -0.3 is 10.3 Å². The highest BCUT2D eigenvalue weighted by atomic mass is 79.9. The molecule has 0 amide bonds. The van der Waals surface area contributed by atoms with E-state index in [0.29, 0.717) is 0 Å². The van der Waals surface area contributed by atoms with Crippen molar-refractivity contribution in [2.75, 3.05) is 5.32 Å². The highest BCUT2D eigenvalue weighted by Crippen LogP contribution is 2.25. The first-order chi connectivity index (χ1) is 9.24. The maximum atomic E-state index is 3.59. The van der Waals surface area contributed by atoms with Gasteiger partial charge in [0.2, 0.25) is 0 Å². The van der Waals surface area contributed by atoms with Gasteiger partial charge in [0.05, 0.1) is 5.52 Å². The van der Waals surface area contributed by atoms with Crippen LogP contribution in [0.2, 0.25) is 0 Å². The number of hydrogen-bond donors (Lipinski definition) is 2. The molecule has 0 unspecified atom stereocenters. The van der Waals surface area contributed by atoms with Gasteiger partial charge in [-0.05, 0) is 57.6 Å². The molecule has 0 aliphatic heterocycles. The number of benzene rings is 2. The highest BCUT2D eigenvalue weighted by Gasteiger charge is 2.03. The largest absolute Gasteiger partial charge is 0.380 e. The summed E-state index contributed by atoms with van der Waals surface area (Å²) in [6.07, 6.45) is 1.98. The molecular formula is C16H15BrN2. The second-order valence-corrected chi connectivity index (χ2v) is 5.55. The summed E-state index contributed by atoms with van der Waals surface area (Å²) in [7, 11) is 0. The van der Waals surface area contributed by atoms with E-state index in [9.17, 15) is 0 Å². The Labute approximate surface area is 121 Å². The third kappa shape index (κ3) is 2.51. The third-order valence-corrected chi connectivity index (χ3v) is 3.92. The average molecular weight is 315 g/mol. The number of aryl methyl sites for hydroxylation is 1. The molecule has 0 radical (unpaired) electrons. The number of hydrogen-bond acceptors (Lipinski definition) is 1. The third-order valence-electron chi connectivity index (χ3n) is 3.27. The lowest BCUT2D eigenvalue weighted by Gasteiger charge is -2.10. The number of anilines is 1. The molecule has 96 valence electrons. The van der Waals surface area contributed by atoms with Crippen molar-refractivity contribution in [3.63, 3.8) is 0 Å². The molecule has 0 atom stereocenters. The van der Waals surface area contributed by atoms with Gasteiger partial charge in [-0.15, -0.1) is 0 Å². The number of H-pyrrole nitrogens is 1. The first-order valence-electron chi connectivity index (χ1n) is 6.29. The lowest BCUT2D eigenvalue weighted by Crippen LogP contribution is -2.00. The maximum Gasteiger partial charge on any atom is 0.0504 e. The number of aromatic nitrogens is 1. The highest BCUT2D eigenvalue weighted by molar-refractivity contribution is 9.10. The SMILES string of the molecule is Cc1ccc(NCc2cccc3cc[nH]c23)c(Br)c1. The van der Waals surface area contributed by atoms with Crippen LogP contribution < -0.4 is 5.32 Å². The first kappa shape index (κ1) is 12.3. The lowest BCUT2D eigenvalue weighted by molar-refractivity contribution is 1.15. The fraction of sp³-hybridized carbons (Fsp3) is 0.125. The number of para-hydroxylation sites is 1. The van der Waals surface area contributed by atoms with E-state index >= 15 is 0 Å². The summed E-state index contributed by atoms with van der Waals surface area (Å²) < 4.78 is 1.10. The van der Waals surface area contributed by atoms with Crippen LogP contribution in [0.1, 0.15) is 11.1 Å². The van der Waals surface area contributed by atoms with Gasteiger partial charge in [-0.25, -0.2) is 0 Å². The van der Waals surface area contributed by atoms with E-state index in [4.69, 9.17) is 0 Å². The minimum Gasteiger partial charge on any atom is -0.380 e. The molecule has 1 heterocycles. The predicted molar refractivity (Wildman–Crippen MR) is 84.5 cm³/mol. The van der Waals surface area contributed by atoms with Crippen LogP contribution in [0.3, 0.4) is 0 Å². The molecule has 2 nitrogen and oxygen atoms in total. The Kier molecular flexibility index (Phi) is 3.30. The van der Waals surface area contributed by atoms with Crippen LogP contribution in [0, 0.1) is 6.92 Å². The van der Waals surface area contributed by atoms with Crippen molar-refractivity contribution in [3.8, 4) is 0 Å². The molecule has 0 spiro atoms. The van der Waals surface area contributed by atoms with Crippen LogP contribution in [0.5, 0.6) is 0 Å². The molecule has 2 N–H and O–H groups in total. The summed E-state index contributed by atoms with van der Waals surface area (Å²) in [5.41, 5.74) is 4.85. The number of aromatic amines is 1. The topological polar surface area (TPSA) is 27.8 Å². The second-order valence-electron chi connectivity index (χ2n) is 4.70. The molecule has 3 heteroatoms. The molecule has 0 fully saturated rings. The normalized spacial score (nSPS) is 10.8. The number of nitrogens with one attached hydrogen (secondary N) is 2. The molecule has 3 rings (SSSR count). The Morgan fingerprint density at radius 1 is 1.16 bits per heavy atom. The molecule has 1 aromatic heterocycles. The predicted octanol–water partition coefficient (Wildman–Crippen LogP) is 4.85. The van der Waals surface area contributed by atoms with Gasteiger partial charge in [0.15, 0.2) is 0 Å². The molecular weight excluding hydrogens is 300 g/mol. The average Bonchev–Trinajstić information content (AvgIpc) is 2.86. The van der Waals surface area contributed by atoms with Crippen molar-refractivity contribution in [3.05, 3.63) is 64.3 Å². The summed E-state index contributed by atoms with van der Waals surface area (Å²) >= 11 is 3.59.